The highest BCUT2D eigenvalue weighted by molar-refractivity contribution is 5.43. The van der Waals surface area contributed by atoms with Crippen molar-refractivity contribution in [2.45, 2.75) is 59.1 Å². The highest BCUT2D eigenvalue weighted by Gasteiger charge is 2.20. The van der Waals surface area contributed by atoms with E-state index >= 15 is 0 Å². The monoisotopic (exact) mass is 291 g/mol. The molecule has 0 aliphatic heterocycles. The third-order valence-corrected chi connectivity index (χ3v) is 4.14. The van der Waals surface area contributed by atoms with E-state index < -0.39 is 0 Å². The van der Waals surface area contributed by atoms with Gasteiger partial charge in [-0.25, -0.2) is 0 Å². The maximum atomic E-state index is 6.20. The zero-order valence-electron chi connectivity index (χ0n) is 13.7. The highest BCUT2D eigenvalue weighted by atomic mass is 16.5. The van der Waals surface area contributed by atoms with Crippen LogP contribution >= 0.6 is 0 Å². The minimum atomic E-state index is 0.347. The molecule has 1 aromatic rings. The zero-order valence-corrected chi connectivity index (χ0v) is 13.7. The molecule has 1 aliphatic carbocycles. The first kappa shape index (κ1) is 16.2. The molecule has 118 valence electrons. The lowest BCUT2D eigenvalue weighted by atomic mass is 9.89. The van der Waals surface area contributed by atoms with Gasteiger partial charge < -0.3 is 14.8 Å². The number of benzene rings is 1. The Balaban J connectivity index is 2.03. The molecule has 1 aromatic carbocycles. The van der Waals surface area contributed by atoms with Crippen molar-refractivity contribution in [1.82, 2.24) is 5.32 Å². The lowest BCUT2D eigenvalue weighted by Crippen LogP contribution is -2.23. The summed E-state index contributed by atoms with van der Waals surface area (Å²) in [6.07, 6.45) is 5.21. The van der Waals surface area contributed by atoms with Gasteiger partial charge in [0.1, 0.15) is 0 Å². The van der Waals surface area contributed by atoms with Gasteiger partial charge in [0.2, 0.25) is 0 Å². The fourth-order valence-electron chi connectivity index (χ4n) is 2.82. The second-order valence-corrected chi connectivity index (χ2v) is 5.99. The molecule has 1 aliphatic rings. The van der Waals surface area contributed by atoms with Crippen molar-refractivity contribution in [2.24, 2.45) is 5.92 Å². The van der Waals surface area contributed by atoms with Crippen LogP contribution in [0.3, 0.4) is 0 Å². The fraction of sp³-hybridized carbons (Fsp3) is 0.667. The second kappa shape index (κ2) is 8.28. The van der Waals surface area contributed by atoms with Crippen molar-refractivity contribution in [2.75, 3.05) is 13.2 Å². The van der Waals surface area contributed by atoms with Gasteiger partial charge in [0.25, 0.3) is 0 Å². The molecule has 3 nitrogen and oxygen atoms in total. The summed E-state index contributed by atoms with van der Waals surface area (Å²) < 4.78 is 12.0. The molecule has 2 rings (SSSR count). The summed E-state index contributed by atoms with van der Waals surface area (Å²) in [5.74, 6) is 2.63. The molecule has 0 atom stereocenters. The molecule has 21 heavy (non-hydrogen) atoms. The van der Waals surface area contributed by atoms with E-state index in [2.05, 4.69) is 37.4 Å². The Hall–Kier alpha value is -1.22. The number of hydrogen-bond donors (Lipinski definition) is 1. The van der Waals surface area contributed by atoms with Crippen molar-refractivity contribution in [3.8, 4) is 11.5 Å². The largest absolute Gasteiger partial charge is 0.490 e. The summed E-state index contributed by atoms with van der Waals surface area (Å²) in [4.78, 5) is 0. The summed E-state index contributed by atoms with van der Waals surface area (Å²) in [5.41, 5.74) is 1.24. The SMILES string of the molecule is CCNCc1ccc(OC2CCC(C)CC2)c(OCC)c1. The number of hydrogen-bond acceptors (Lipinski definition) is 3. The van der Waals surface area contributed by atoms with Gasteiger partial charge in [0, 0.05) is 6.54 Å². The first-order chi connectivity index (χ1) is 10.2. The Bertz CT molecular complexity index is 425. The first-order valence-electron chi connectivity index (χ1n) is 8.36. The molecule has 0 radical (unpaired) electrons. The molecule has 0 saturated heterocycles. The van der Waals surface area contributed by atoms with E-state index in [4.69, 9.17) is 9.47 Å². The Morgan fingerprint density at radius 1 is 1.10 bits per heavy atom. The normalized spacial score (nSPS) is 22.0. The smallest absolute Gasteiger partial charge is 0.161 e. The molecule has 3 heteroatoms. The molecular formula is C18H29NO2. The summed E-state index contributed by atoms with van der Waals surface area (Å²) >= 11 is 0. The van der Waals surface area contributed by atoms with E-state index in [9.17, 15) is 0 Å². The number of nitrogens with one attached hydrogen (secondary N) is 1. The minimum Gasteiger partial charge on any atom is -0.490 e. The predicted octanol–water partition coefficient (Wildman–Crippen LogP) is 4.15. The van der Waals surface area contributed by atoms with E-state index in [1.54, 1.807) is 0 Å². The van der Waals surface area contributed by atoms with Gasteiger partial charge in [-0.05, 0) is 62.8 Å². The van der Waals surface area contributed by atoms with Crippen LogP contribution in [0.1, 0.15) is 52.0 Å². The standard InChI is InChI=1S/C18H29NO2/c1-4-19-13-15-8-11-17(18(12-15)20-5-2)21-16-9-6-14(3)7-10-16/h8,11-12,14,16,19H,4-7,9-10,13H2,1-3H3. The maximum Gasteiger partial charge on any atom is 0.161 e. The van der Waals surface area contributed by atoms with Crippen LogP contribution in [0.2, 0.25) is 0 Å². The summed E-state index contributed by atoms with van der Waals surface area (Å²) in [5, 5.41) is 3.34. The zero-order chi connectivity index (χ0) is 15.1. The lowest BCUT2D eigenvalue weighted by molar-refractivity contribution is 0.130. The molecule has 0 aromatic heterocycles. The topological polar surface area (TPSA) is 30.5 Å². The van der Waals surface area contributed by atoms with Crippen LogP contribution in [-0.4, -0.2) is 19.3 Å². The summed E-state index contributed by atoms with van der Waals surface area (Å²) in [6.45, 7) is 8.98. The Morgan fingerprint density at radius 2 is 1.86 bits per heavy atom. The Kier molecular flexibility index (Phi) is 6.37. The average Bonchev–Trinajstić information content (AvgIpc) is 2.50. The van der Waals surface area contributed by atoms with E-state index in [0.29, 0.717) is 12.7 Å². The molecule has 0 unspecified atom stereocenters. The van der Waals surface area contributed by atoms with Crippen molar-refractivity contribution in [3.05, 3.63) is 23.8 Å². The second-order valence-electron chi connectivity index (χ2n) is 5.99. The molecule has 1 N–H and O–H groups in total. The fourth-order valence-corrected chi connectivity index (χ4v) is 2.82. The van der Waals surface area contributed by atoms with Crippen molar-refractivity contribution in [3.63, 3.8) is 0 Å². The Labute approximate surface area is 129 Å². The van der Waals surface area contributed by atoms with Crippen LogP contribution in [-0.2, 0) is 6.54 Å². The van der Waals surface area contributed by atoms with Crippen LogP contribution < -0.4 is 14.8 Å². The van der Waals surface area contributed by atoms with Gasteiger partial charge in [-0.2, -0.15) is 0 Å². The van der Waals surface area contributed by atoms with Gasteiger partial charge in [-0.3, -0.25) is 0 Å². The van der Waals surface area contributed by atoms with Crippen LogP contribution in [0, 0.1) is 5.92 Å². The highest BCUT2D eigenvalue weighted by Crippen LogP contribution is 2.33. The van der Waals surface area contributed by atoms with E-state index in [1.807, 2.05) is 6.92 Å². The first-order valence-corrected chi connectivity index (χ1v) is 8.36. The molecule has 0 amide bonds. The number of ether oxygens (including phenoxy) is 2. The van der Waals surface area contributed by atoms with Crippen LogP contribution in [0.15, 0.2) is 18.2 Å². The van der Waals surface area contributed by atoms with Gasteiger partial charge in [-0.1, -0.05) is 19.9 Å². The lowest BCUT2D eigenvalue weighted by Gasteiger charge is -2.27. The predicted molar refractivity (Wildman–Crippen MR) is 87.0 cm³/mol. The van der Waals surface area contributed by atoms with Crippen LogP contribution in [0.25, 0.3) is 0 Å². The summed E-state index contributed by atoms with van der Waals surface area (Å²) in [6, 6.07) is 6.30. The van der Waals surface area contributed by atoms with Crippen LogP contribution in [0.4, 0.5) is 0 Å². The third-order valence-electron chi connectivity index (χ3n) is 4.14. The molecule has 0 bridgehead atoms. The molecule has 0 spiro atoms. The molecule has 1 fully saturated rings. The molecule has 1 saturated carbocycles. The van der Waals surface area contributed by atoms with Gasteiger partial charge >= 0.3 is 0 Å². The van der Waals surface area contributed by atoms with Crippen molar-refractivity contribution < 1.29 is 9.47 Å². The van der Waals surface area contributed by atoms with E-state index in [0.717, 1.165) is 43.3 Å². The summed E-state index contributed by atoms with van der Waals surface area (Å²) in [7, 11) is 0. The van der Waals surface area contributed by atoms with Crippen LogP contribution in [0.5, 0.6) is 11.5 Å². The van der Waals surface area contributed by atoms with Crippen molar-refractivity contribution in [1.29, 1.82) is 0 Å². The van der Waals surface area contributed by atoms with Gasteiger partial charge in [0.05, 0.1) is 12.7 Å². The quantitative estimate of drug-likeness (QED) is 0.818. The minimum absolute atomic E-state index is 0.347. The van der Waals surface area contributed by atoms with Gasteiger partial charge in [-0.15, -0.1) is 0 Å². The number of rotatable bonds is 7. The van der Waals surface area contributed by atoms with E-state index in [-0.39, 0.29) is 0 Å². The third kappa shape index (κ3) is 4.92. The van der Waals surface area contributed by atoms with E-state index in [1.165, 1.54) is 18.4 Å². The molecule has 0 heterocycles. The molecular weight excluding hydrogens is 262 g/mol. The van der Waals surface area contributed by atoms with Crippen molar-refractivity contribution >= 4 is 0 Å². The van der Waals surface area contributed by atoms with Gasteiger partial charge in [0.15, 0.2) is 11.5 Å². The maximum absolute atomic E-state index is 6.20. The average molecular weight is 291 g/mol. The Morgan fingerprint density at radius 3 is 2.52 bits per heavy atom.